The van der Waals surface area contributed by atoms with Crippen LogP contribution in [0.4, 0.5) is 0 Å². The number of ketones is 1. The van der Waals surface area contributed by atoms with Crippen molar-refractivity contribution in [1.82, 2.24) is 9.97 Å². The summed E-state index contributed by atoms with van der Waals surface area (Å²) in [6, 6.07) is 8.36. The second-order valence-corrected chi connectivity index (χ2v) is 4.91. The van der Waals surface area contributed by atoms with Gasteiger partial charge < -0.3 is 4.98 Å². The Balaban J connectivity index is 2.00. The van der Waals surface area contributed by atoms with E-state index in [2.05, 4.69) is 9.97 Å². The number of rotatable bonds is 4. The minimum atomic E-state index is -0.418. The van der Waals surface area contributed by atoms with E-state index in [1.54, 1.807) is 30.3 Å². The molecule has 1 aromatic heterocycles. The van der Waals surface area contributed by atoms with E-state index in [4.69, 9.17) is 11.6 Å². The minimum Gasteiger partial charge on any atom is -0.300 e. The zero-order valence-electron chi connectivity index (χ0n) is 9.22. The molecule has 1 N–H and O–H groups in total. The van der Waals surface area contributed by atoms with Crippen LogP contribution in [0, 0.1) is 0 Å². The van der Waals surface area contributed by atoms with Gasteiger partial charge in [-0.2, -0.15) is 0 Å². The Morgan fingerprint density at radius 1 is 1.28 bits per heavy atom. The van der Waals surface area contributed by atoms with Crippen molar-refractivity contribution in [3.8, 4) is 0 Å². The molecule has 2 aromatic rings. The Labute approximate surface area is 112 Å². The Bertz CT molecular complexity index is 610. The molecule has 2 rings (SSSR count). The fourth-order valence-electron chi connectivity index (χ4n) is 1.30. The number of aromatic nitrogens is 2. The molecule has 0 fully saturated rings. The lowest BCUT2D eigenvalue weighted by Gasteiger charge is -2.01. The van der Waals surface area contributed by atoms with Gasteiger partial charge in [-0.25, -0.2) is 9.78 Å². The van der Waals surface area contributed by atoms with Gasteiger partial charge in [0.2, 0.25) is 0 Å². The molecule has 0 unspecified atom stereocenters. The number of carbonyl (C=O) groups is 1. The molecule has 1 heterocycles. The molecule has 4 nitrogen and oxygen atoms in total. The van der Waals surface area contributed by atoms with Crippen LogP contribution in [0.15, 0.2) is 46.3 Å². The van der Waals surface area contributed by atoms with Gasteiger partial charge in [0.25, 0.3) is 0 Å². The fourth-order valence-corrected chi connectivity index (χ4v) is 2.19. The van der Waals surface area contributed by atoms with Gasteiger partial charge in [0.05, 0.1) is 10.8 Å². The van der Waals surface area contributed by atoms with E-state index in [9.17, 15) is 9.59 Å². The van der Waals surface area contributed by atoms with E-state index in [0.29, 0.717) is 15.6 Å². The molecule has 6 heteroatoms. The smallest absolute Gasteiger partial charge is 0.300 e. The summed E-state index contributed by atoms with van der Waals surface area (Å²) in [4.78, 5) is 28.9. The van der Waals surface area contributed by atoms with Crippen molar-refractivity contribution in [2.45, 2.75) is 5.03 Å². The number of nitrogens with zero attached hydrogens (tertiary/aromatic N) is 1. The number of hydrogen-bond acceptors (Lipinski definition) is 4. The van der Waals surface area contributed by atoms with Crippen LogP contribution >= 0.6 is 23.4 Å². The first-order chi connectivity index (χ1) is 8.65. The molecule has 0 aliphatic heterocycles. The Kier molecular flexibility index (Phi) is 4.17. The van der Waals surface area contributed by atoms with Crippen molar-refractivity contribution in [3.05, 3.63) is 57.6 Å². The molecule has 0 saturated heterocycles. The van der Waals surface area contributed by atoms with Crippen LogP contribution in [0.5, 0.6) is 0 Å². The van der Waals surface area contributed by atoms with E-state index in [1.165, 1.54) is 18.0 Å². The molecule has 0 bridgehead atoms. The number of thioether (sulfide) groups is 1. The maximum Gasteiger partial charge on any atom is 0.345 e. The number of halogens is 1. The third kappa shape index (κ3) is 3.45. The lowest BCUT2D eigenvalue weighted by molar-refractivity contribution is 0.102. The van der Waals surface area contributed by atoms with Crippen molar-refractivity contribution >= 4 is 29.1 Å². The molecule has 0 aliphatic rings. The zero-order chi connectivity index (χ0) is 13.0. The molecule has 0 atom stereocenters. The Hall–Kier alpha value is -1.59. The van der Waals surface area contributed by atoms with E-state index in [0.717, 1.165) is 0 Å². The first kappa shape index (κ1) is 12.9. The van der Waals surface area contributed by atoms with Crippen molar-refractivity contribution in [2.75, 3.05) is 5.75 Å². The second kappa shape index (κ2) is 5.84. The van der Waals surface area contributed by atoms with E-state index in [-0.39, 0.29) is 11.5 Å². The quantitative estimate of drug-likeness (QED) is 0.531. The molecular weight excluding hydrogens is 272 g/mol. The maximum absolute atomic E-state index is 11.8. The highest BCUT2D eigenvalue weighted by atomic mass is 35.5. The monoisotopic (exact) mass is 280 g/mol. The summed E-state index contributed by atoms with van der Waals surface area (Å²) in [6.45, 7) is 0. The molecule has 92 valence electrons. The second-order valence-electron chi connectivity index (χ2n) is 3.46. The lowest BCUT2D eigenvalue weighted by Crippen LogP contribution is -2.10. The fraction of sp³-hybridized carbons (Fsp3) is 0.0833. The summed E-state index contributed by atoms with van der Waals surface area (Å²) in [5.74, 6) is 0.232. The first-order valence-corrected chi connectivity index (χ1v) is 6.48. The average molecular weight is 281 g/mol. The van der Waals surface area contributed by atoms with Gasteiger partial charge in [0.1, 0.15) is 0 Å². The van der Waals surface area contributed by atoms with E-state index in [1.807, 2.05) is 0 Å². The van der Waals surface area contributed by atoms with Crippen LogP contribution in [-0.2, 0) is 0 Å². The zero-order valence-corrected chi connectivity index (χ0v) is 10.8. The van der Waals surface area contributed by atoms with Gasteiger partial charge >= 0.3 is 5.69 Å². The van der Waals surface area contributed by atoms with Gasteiger partial charge in [-0.1, -0.05) is 11.6 Å². The molecule has 0 amide bonds. The molecule has 0 saturated carbocycles. The van der Waals surface area contributed by atoms with E-state index >= 15 is 0 Å². The van der Waals surface area contributed by atoms with Crippen LogP contribution in [0.2, 0.25) is 5.02 Å². The highest BCUT2D eigenvalue weighted by molar-refractivity contribution is 7.99. The number of H-pyrrole nitrogens is 1. The highest BCUT2D eigenvalue weighted by Gasteiger charge is 2.06. The minimum absolute atomic E-state index is 0.0191. The van der Waals surface area contributed by atoms with Gasteiger partial charge in [-0.05, 0) is 30.3 Å². The summed E-state index contributed by atoms with van der Waals surface area (Å²) in [7, 11) is 0. The third-order valence-corrected chi connectivity index (χ3v) is 3.38. The van der Waals surface area contributed by atoms with Gasteiger partial charge in [-0.3, -0.25) is 4.79 Å². The molecule has 1 aromatic carbocycles. The number of aromatic amines is 1. The van der Waals surface area contributed by atoms with Gasteiger partial charge in [0.15, 0.2) is 5.78 Å². The van der Waals surface area contributed by atoms with Crippen LogP contribution in [0.25, 0.3) is 0 Å². The summed E-state index contributed by atoms with van der Waals surface area (Å²) in [5, 5.41) is 1.22. The van der Waals surface area contributed by atoms with Crippen molar-refractivity contribution < 1.29 is 4.79 Å². The number of hydrogen-bond donors (Lipinski definition) is 1. The summed E-state index contributed by atoms with van der Waals surface area (Å²) < 4.78 is 0. The lowest BCUT2D eigenvalue weighted by atomic mass is 10.1. The van der Waals surface area contributed by atoms with Crippen molar-refractivity contribution in [2.24, 2.45) is 0 Å². The average Bonchev–Trinajstić information content (AvgIpc) is 2.37. The SMILES string of the molecule is O=C(CSc1ccnc(=O)[nH]1)c1ccc(Cl)cc1. The molecule has 0 aliphatic carbocycles. The molecule has 0 spiro atoms. The summed E-state index contributed by atoms with van der Waals surface area (Å²) in [5.41, 5.74) is 0.183. The first-order valence-electron chi connectivity index (χ1n) is 5.12. The number of benzene rings is 1. The van der Waals surface area contributed by atoms with Crippen LogP contribution in [-0.4, -0.2) is 21.5 Å². The number of Topliss-reactive ketones (excluding diaryl/α,β-unsaturated/α-hetero) is 1. The van der Waals surface area contributed by atoms with Crippen LogP contribution < -0.4 is 5.69 Å². The largest absolute Gasteiger partial charge is 0.345 e. The normalized spacial score (nSPS) is 10.3. The predicted octanol–water partition coefficient (Wildman–Crippen LogP) is 2.40. The molecular formula is C12H9ClN2O2S. The number of nitrogens with one attached hydrogen (secondary N) is 1. The number of carbonyl (C=O) groups excluding carboxylic acids is 1. The summed E-state index contributed by atoms with van der Waals surface area (Å²) >= 11 is 7.01. The predicted molar refractivity (Wildman–Crippen MR) is 71.4 cm³/mol. The summed E-state index contributed by atoms with van der Waals surface area (Å²) in [6.07, 6.45) is 1.41. The van der Waals surface area contributed by atoms with Crippen LogP contribution in [0.1, 0.15) is 10.4 Å². The van der Waals surface area contributed by atoms with Crippen LogP contribution in [0.3, 0.4) is 0 Å². The standard InChI is InChI=1S/C12H9ClN2O2S/c13-9-3-1-8(2-4-9)10(16)7-18-11-5-6-14-12(17)15-11/h1-6H,7H2,(H,14,15,17). The van der Waals surface area contributed by atoms with Crippen molar-refractivity contribution in [3.63, 3.8) is 0 Å². The van der Waals surface area contributed by atoms with Crippen molar-refractivity contribution in [1.29, 1.82) is 0 Å². The Morgan fingerprint density at radius 3 is 2.67 bits per heavy atom. The maximum atomic E-state index is 11.8. The van der Waals surface area contributed by atoms with Gasteiger partial charge in [-0.15, -0.1) is 11.8 Å². The highest BCUT2D eigenvalue weighted by Crippen LogP contribution is 2.16. The topological polar surface area (TPSA) is 62.8 Å². The third-order valence-electron chi connectivity index (χ3n) is 2.17. The molecule has 18 heavy (non-hydrogen) atoms. The Morgan fingerprint density at radius 2 is 2.00 bits per heavy atom. The molecule has 0 radical (unpaired) electrons. The van der Waals surface area contributed by atoms with Gasteiger partial charge in [0, 0.05) is 16.8 Å². The van der Waals surface area contributed by atoms with E-state index < -0.39 is 5.69 Å².